The van der Waals surface area contributed by atoms with E-state index in [0.29, 0.717) is 11.5 Å². The van der Waals surface area contributed by atoms with E-state index in [2.05, 4.69) is 56.5 Å². The summed E-state index contributed by atoms with van der Waals surface area (Å²) in [5, 5.41) is 7.05. The molecule has 0 saturated carbocycles. The smallest absolute Gasteiger partial charge is 0.305 e. The third-order valence-electron chi connectivity index (χ3n) is 4.56. The minimum absolute atomic E-state index is 0.143. The van der Waals surface area contributed by atoms with Crippen LogP contribution < -0.4 is 15.5 Å². The van der Waals surface area contributed by atoms with Gasteiger partial charge in [-0.25, -0.2) is 0 Å². The summed E-state index contributed by atoms with van der Waals surface area (Å²) in [4.78, 5) is 15.8. The van der Waals surface area contributed by atoms with Crippen molar-refractivity contribution in [2.45, 2.75) is 25.7 Å². The fourth-order valence-electron chi connectivity index (χ4n) is 2.87. The molecule has 2 rings (SSSR count). The number of hydrogen-bond acceptors (Lipinski definition) is 5. The number of methoxy groups -OCH3 is 1. The molecule has 0 bridgehead atoms. The summed E-state index contributed by atoms with van der Waals surface area (Å²) in [5.41, 5.74) is 2.25. The van der Waals surface area contributed by atoms with Gasteiger partial charge in [-0.05, 0) is 56.4 Å². The molecule has 0 amide bonds. The zero-order chi connectivity index (χ0) is 18.8. The second kappa shape index (κ2) is 11.0. The van der Waals surface area contributed by atoms with Crippen LogP contribution >= 0.6 is 12.2 Å². The first kappa shape index (κ1) is 20.5. The van der Waals surface area contributed by atoms with Crippen molar-refractivity contribution in [2.24, 2.45) is 0 Å². The van der Waals surface area contributed by atoms with Gasteiger partial charge in [0.1, 0.15) is 0 Å². The molecule has 1 aromatic rings. The number of carbonyl (C=O) groups is 1. The predicted octanol–water partition coefficient (Wildman–Crippen LogP) is 2.46. The van der Waals surface area contributed by atoms with E-state index in [1.165, 1.54) is 12.8 Å². The molecule has 0 spiro atoms. The first-order valence-corrected chi connectivity index (χ1v) is 9.64. The van der Waals surface area contributed by atoms with Gasteiger partial charge in [0, 0.05) is 50.5 Å². The van der Waals surface area contributed by atoms with E-state index < -0.39 is 0 Å². The van der Waals surface area contributed by atoms with Crippen LogP contribution in [0.3, 0.4) is 0 Å². The Morgan fingerprint density at radius 2 is 1.81 bits per heavy atom. The Bertz CT molecular complexity index is 571. The molecule has 7 heteroatoms. The number of anilines is 2. The Balaban J connectivity index is 1.63. The summed E-state index contributed by atoms with van der Waals surface area (Å²) in [7, 11) is 3.59. The molecule has 1 heterocycles. The molecule has 0 unspecified atom stereocenters. The van der Waals surface area contributed by atoms with Crippen LogP contribution in [0.2, 0.25) is 0 Å². The maximum atomic E-state index is 11.0. The summed E-state index contributed by atoms with van der Waals surface area (Å²) in [6.45, 7) is 5.14. The largest absolute Gasteiger partial charge is 0.469 e. The highest BCUT2D eigenvalue weighted by molar-refractivity contribution is 7.80. The van der Waals surface area contributed by atoms with Crippen molar-refractivity contribution in [2.75, 3.05) is 57.1 Å². The summed E-state index contributed by atoms with van der Waals surface area (Å²) < 4.78 is 4.62. The average molecular weight is 379 g/mol. The lowest BCUT2D eigenvalue weighted by Gasteiger charge is -2.34. The first-order valence-electron chi connectivity index (χ1n) is 9.23. The molecule has 0 aromatic heterocycles. The van der Waals surface area contributed by atoms with Crippen molar-refractivity contribution in [3.63, 3.8) is 0 Å². The van der Waals surface area contributed by atoms with E-state index in [1.54, 1.807) is 0 Å². The minimum Gasteiger partial charge on any atom is -0.469 e. The Labute approximate surface area is 161 Å². The van der Waals surface area contributed by atoms with Crippen molar-refractivity contribution in [3.05, 3.63) is 24.3 Å². The highest BCUT2D eigenvalue weighted by Crippen LogP contribution is 2.19. The number of thiocarbonyl (C=S) groups is 1. The lowest BCUT2D eigenvalue weighted by molar-refractivity contribution is -0.140. The first-order chi connectivity index (χ1) is 12.6. The molecule has 1 saturated heterocycles. The van der Waals surface area contributed by atoms with Gasteiger partial charge in [-0.15, -0.1) is 0 Å². The number of ether oxygens (including phenoxy) is 1. The second-order valence-electron chi connectivity index (χ2n) is 6.60. The summed E-state index contributed by atoms with van der Waals surface area (Å²) in [6, 6.07) is 8.42. The van der Waals surface area contributed by atoms with Gasteiger partial charge in [0.2, 0.25) is 0 Å². The molecule has 1 aromatic carbocycles. The quantitative estimate of drug-likeness (QED) is 0.409. The van der Waals surface area contributed by atoms with Crippen molar-refractivity contribution < 1.29 is 9.53 Å². The van der Waals surface area contributed by atoms with Gasteiger partial charge in [-0.3, -0.25) is 4.79 Å². The van der Waals surface area contributed by atoms with Crippen LogP contribution in [-0.2, 0) is 9.53 Å². The lowest BCUT2D eigenvalue weighted by atomic mass is 10.2. The molecule has 26 heavy (non-hydrogen) atoms. The molecule has 2 N–H and O–H groups in total. The van der Waals surface area contributed by atoms with Crippen LogP contribution in [0.4, 0.5) is 11.4 Å². The molecule has 1 aliphatic heterocycles. The molecule has 1 fully saturated rings. The molecular weight excluding hydrogens is 348 g/mol. The number of carbonyl (C=O) groups excluding carboxylic acids is 1. The molecular formula is C19H30N4O2S. The number of benzene rings is 1. The number of nitrogens with one attached hydrogen (secondary N) is 2. The van der Waals surface area contributed by atoms with Crippen LogP contribution in [0.1, 0.15) is 25.7 Å². The fourth-order valence-corrected chi connectivity index (χ4v) is 3.09. The van der Waals surface area contributed by atoms with Gasteiger partial charge in [0.25, 0.3) is 0 Å². The summed E-state index contributed by atoms with van der Waals surface area (Å²) in [6.07, 6.45) is 3.28. The standard InChI is InChI=1S/C19H30N4O2S/c1-22-12-14-23(15-13-22)17-9-7-16(8-10-17)21-19(26)20-11-5-3-4-6-18(24)25-2/h7-10H,3-6,11-15H2,1-2H3,(H2,20,21,26). The Morgan fingerprint density at radius 3 is 2.46 bits per heavy atom. The van der Waals surface area contributed by atoms with Gasteiger partial charge in [0.15, 0.2) is 5.11 Å². The van der Waals surface area contributed by atoms with Gasteiger partial charge in [-0.2, -0.15) is 0 Å². The molecule has 0 atom stereocenters. The van der Waals surface area contributed by atoms with Crippen molar-refractivity contribution in [1.82, 2.24) is 10.2 Å². The summed E-state index contributed by atoms with van der Waals surface area (Å²) >= 11 is 5.33. The van der Waals surface area contributed by atoms with Gasteiger partial charge < -0.3 is 25.2 Å². The van der Waals surface area contributed by atoms with E-state index >= 15 is 0 Å². The number of piperazine rings is 1. The molecule has 144 valence electrons. The Morgan fingerprint density at radius 1 is 1.12 bits per heavy atom. The number of esters is 1. The zero-order valence-corrected chi connectivity index (χ0v) is 16.6. The summed E-state index contributed by atoms with van der Waals surface area (Å²) in [5.74, 6) is -0.143. The molecule has 6 nitrogen and oxygen atoms in total. The third kappa shape index (κ3) is 7.17. The van der Waals surface area contributed by atoms with Crippen LogP contribution in [0.15, 0.2) is 24.3 Å². The van der Waals surface area contributed by atoms with E-state index in [4.69, 9.17) is 12.2 Å². The number of hydrogen-bond donors (Lipinski definition) is 2. The highest BCUT2D eigenvalue weighted by Gasteiger charge is 2.13. The van der Waals surface area contributed by atoms with E-state index in [1.807, 2.05) is 0 Å². The van der Waals surface area contributed by atoms with Crippen LogP contribution in [-0.4, -0.2) is 62.9 Å². The monoisotopic (exact) mass is 378 g/mol. The number of likely N-dealkylation sites (N-methyl/N-ethyl adjacent to an activating group) is 1. The fraction of sp³-hybridized carbons (Fsp3) is 0.579. The molecule has 1 aliphatic rings. The van der Waals surface area contributed by atoms with Crippen molar-refractivity contribution in [3.8, 4) is 0 Å². The SMILES string of the molecule is COC(=O)CCCCCNC(=S)Nc1ccc(N2CCN(C)CC2)cc1. The van der Waals surface area contributed by atoms with Crippen LogP contribution in [0.25, 0.3) is 0 Å². The minimum atomic E-state index is -0.143. The number of nitrogens with zero attached hydrogens (tertiary/aromatic N) is 2. The Kier molecular flexibility index (Phi) is 8.64. The molecule has 0 radical (unpaired) electrons. The average Bonchev–Trinajstić information content (AvgIpc) is 2.65. The topological polar surface area (TPSA) is 56.8 Å². The van der Waals surface area contributed by atoms with Crippen LogP contribution in [0.5, 0.6) is 0 Å². The van der Waals surface area contributed by atoms with E-state index in [0.717, 1.165) is 57.7 Å². The molecule has 0 aliphatic carbocycles. The third-order valence-corrected chi connectivity index (χ3v) is 4.81. The number of unbranched alkanes of at least 4 members (excludes halogenated alkanes) is 2. The Hall–Kier alpha value is -1.86. The lowest BCUT2D eigenvalue weighted by Crippen LogP contribution is -2.44. The van der Waals surface area contributed by atoms with Gasteiger partial charge >= 0.3 is 5.97 Å². The highest BCUT2D eigenvalue weighted by atomic mass is 32.1. The van der Waals surface area contributed by atoms with Crippen LogP contribution in [0, 0.1) is 0 Å². The van der Waals surface area contributed by atoms with Gasteiger partial charge in [0.05, 0.1) is 7.11 Å². The van der Waals surface area contributed by atoms with Crippen molar-refractivity contribution in [1.29, 1.82) is 0 Å². The van der Waals surface area contributed by atoms with E-state index in [-0.39, 0.29) is 5.97 Å². The zero-order valence-electron chi connectivity index (χ0n) is 15.8. The number of rotatable bonds is 8. The maximum Gasteiger partial charge on any atom is 0.305 e. The maximum absolute atomic E-state index is 11.0. The second-order valence-corrected chi connectivity index (χ2v) is 7.01. The normalized spacial score (nSPS) is 14.8. The van der Waals surface area contributed by atoms with Crippen molar-refractivity contribution >= 4 is 34.7 Å². The predicted molar refractivity (Wildman–Crippen MR) is 111 cm³/mol. The van der Waals surface area contributed by atoms with E-state index in [9.17, 15) is 4.79 Å². The van der Waals surface area contributed by atoms with Gasteiger partial charge in [-0.1, -0.05) is 6.42 Å².